The van der Waals surface area contributed by atoms with E-state index in [1.165, 1.54) is 4.90 Å². The first-order chi connectivity index (χ1) is 28.9. The topological polar surface area (TPSA) is 318 Å². The molecule has 3 rings (SSSR count). The Hall–Kier alpha value is -5.92. The number of aliphatic hydroxyl groups is 2. The number of primary amides is 2. The average molecular weight is 852 g/mol. The molecule has 1 aliphatic rings. The molecular formula is C42H61N9O10. The fraction of sp³-hybridized carbons (Fsp3) is 0.524. The van der Waals surface area contributed by atoms with Gasteiger partial charge in [-0.2, -0.15) is 0 Å². The number of likely N-dealkylation sites (tertiary alicyclic amines) is 1. The van der Waals surface area contributed by atoms with Crippen LogP contribution in [0.1, 0.15) is 64.5 Å². The van der Waals surface area contributed by atoms with Gasteiger partial charge in [0.15, 0.2) is 6.10 Å². The summed E-state index contributed by atoms with van der Waals surface area (Å²) in [7, 11) is 0. The summed E-state index contributed by atoms with van der Waals surface area (Å²) < 4.78 is 0. The fourth-order valence-corrected chi connectivity index (χ4v) is 6.90. The van der Waals surface area contributed by atoms with Crippen molar-refractivity contribution in [2.45, 2.75) is 115 Å². The highest BCUT2D eigenvalue weighted by atomic mass is 16.3. The first-order valence-corrected chi connectivity index (χ1v) is 20.4. The summed E-state index contributed by atoms with van der Waals surface area (Å²) in [6, 6.07) is 8.22. The summed E-state index contributed by atoms with van der Waals surface area (Å²) >= 11 is 0. The van der Waals surface area contributed by atoms with Crippen LogP contribution in [0.5, 0.6) is 0 Å². The van der Waals surface area contributed by atoms with E-state index in [0.29, 0.717) is 24.0 Å². The number of hydrogen-bond donors (Lipinski definition) is 10. The van der Waals surface area contributed by atoms with Crippen LogP contribution in [0.2, 0.25) is 0 Å². The highest BCUT2D eigenvalue weighted by molar-refractivity contribution is 5.97. The van der Waals surface area contributed by atoms with Gasteiger partial charge in [0.1, 0.15) is 36.3 Å². The predicted octanol–water partition coefficient (Wildman–Crippen LogP) is -2.37. The number of rotatable bonds is 23. The minimum Gasteiger partial charge on any atom is -0.394 e. The number of nitrogens with one attached hydrogen (secondary N) is 5. The minimum absolute atomic E-state index is 0.0616. The zero-order valence-electron chi connectivity index (χ0n) is 35.0. The van der Waals surface area contributed by atoms with Gasteiger partial charge < -0.3 is 58.9 Å². The van der Waals surface area contributed by atoms with E-state index < -0.39 is 109 Å². The number of benzene rings is 2. The number of amides is 8. The van der Waals surface area contributed by atoms with Crippen LogP contribution in [0.25, 0.3) is 0 Å². The van der Waals surface area contributed by atoms with Crippen LogP contribution in [-0.2, 0) is 51.2 Å². The average Bonchev–Trinajstić information content (AvgIpc) is 3.73. The van der Waals surface area contributed by atoms with E-state index in [1.807, 2.05) is 6.92 Å². The lowest BCUT2D eigenvalue weighted by Crippen LogP contribution is -2.61. The lowest BCUT2D eigenvalue weighted by molar-refractivity contribution is -0.147. The minimum atomic E-state index is -1.96. The second-order valence-electron chi connectivity index (χ2n) is 15.7. The Bertz CT molecular complexity index is 1830. The number of nitrogens with zero attached hydrogens (tertiary/aromatic N) is 1. The quantitative estimate of drug-likeness (QED) is 0.0564. The highest BCUT2D eigenvalue weighted by Gasteiger charge is 2.42. The fourth-order valence-electron chi connectivity index (χ4n) is 6.90. The molecule has 8 amide bonds. The summed E-state index contributed by atoms with van der Waals surface area (Å²) in [6.45, 7) is 6.35. The molecule has 1 unspecified atom stereocenters. The molecule has 0 spiro atoms. The molecule has 61 heavy (non-hydrogen) atoms. The van der Waals surface area contributed by atoms with Gasteiger partial charge in [-0.25, -0.2) is 0 Å². The van der Waals surface area contributed by atoms with E-state index in [4.69, 9.17) is 17.2 Å². The third-order valence-electron chi connectivity index (χ3n) is 10.7. The molecule has 9 atom stereocenters. The molecule has 0 aliphatic carbocycles. The summed E-state index contributed by atoms with van der Waals surface area (Å²) in [5.74, 6) is -7.37. The Kier molecular flexibility index (Phi) is 19.3. The van der Waals surface area contributed by atoms with Crippen molar-refractivity contribution in [2.24, 2.45) is 29.0 Å². The Morgan fingerprint density at radius 3 is 1.82 bits per heavy atom. The van der Waals surface area contributed by atoms with Crippen LogP contribution in [0.4, 0.5) is 0 Å². The van der Waals surface area contributed by atoms with Crippen molar-refractivity contribution in [3.05, 3.63) is 71.8 Å². The van der Waals surface area contributed by atoms with E-state index >= 15 is 0 Å². The van der Waals surface area contributed by atoms with Gasteiger partial charge in [-0.05, 0) is 42.2 Å². The first-order valence-electron chi connectivity index (χ1n) is 20.4. The van der Waals surface area contributed by atoms with Crippen molar-refractivity contribution in [2.75, 3.05) is 13.2 Å². The van der Waals surface area contributed by atoms with Crippen LogP contribution in [0.3, 0.4) is 0 Å². The Balaban J connectivity index is 1.88. The van der Waals surface area contributed by atoms with E-state index in [9.17, 15) is 48.6 Å². The molecule has 0 radical (unpaired) electrons. The number of hydrogen-bond acceptors (Lipinski definition) is 11. The van der Waals surface area contributed by atoms with Crippen LogP contribution in [0.15, 0.2) is 60.7 Å². The van der Waals surface area contributed by atoms with E-state index in [2.05, 4.69) is 26.6 Å². The SMILES string of the molecule is CCC(C)[C@H](NC(=O)[C@@H]1CCCN1C(=O)[C@@H](O)[C@H](Cc1ccccc1)NC(=O)[C@H](CC(N)=O)NC(=O)[C@H](Cc1ccccc1)NC(=O)[C@@H](N)CO)C(=O)N[C@H](C(N)=O)C(C)C. The second-order valence-corrected chi connectivity index (χ2v) is 15.7. The summed E-state index contributed by atoms with van der Waals surface area (Å²) in [6.07, 6.45) is -1.79. The monoisotopic (exact) mass is 851 g/mol. The van der Waals surface area contributed by atoms with Gasteiger partial charge in [-0.1, -0.05) is 94.8 Å². The van der Waals surface area contributed by atoms with Crippen LogP contribution in [-0.4, -0.2) is 124 Å². The zero-order valence-corrected chi connectivity index (χ0v) is 35.0. The molecule has 2 aromatic rings. The van der Waals surface area contributed by atoms with E-state index in [1.54, 1.807) is 81.4 Å². The number of nitrogens with two attached hydrogens (primary N) is 3. The first kappa shape index (κ1) is 49.4. The maximum Gasteiger partial charge on any atom is 0.254 e. The normalized spacial score (nSPS) is 17.6. The van der Waals surface area contributed by atoms with Crippen LogP contribution in [0, 0.1) is 11.8 Å². The van der Waals surface area contributed by atoms with E-state index in [0.717, 1.165) is 0 Å². The van der Waals surface area contributed by atoms with Crippen LogP contribution < -0.4 is 43.8 Å². The second kappa shape index (κ2) is 23.8. The molecule has 0 saturated carbocycles. The molecule has 1 fully saturated rings. The molecule has 1 saturated heterocycles. The summed E-state index contributed by atoms with van der Waals surface area (Å²) in [5.41, 5.74) is 17.9. The molecule has 19 nitrogen and oxygen atoms in total. The van der Waals surface area contributed by atoms with Crippen molar-refractivity contribution in [1.82, 2.24) is 31.5 Å². The maximum atomic E-state index is 14.2. The van der Waals surface area contributed by atoms with E-state index in [-0.39, 0.29) is 37.6 Å². The van der Waals surface area contributed by atoms with Crippen molar-refractivity contribution < 1.29 is 48.6 Å². The lowest BCUT2D eigenvalue weighted by Gasteiger charge is -2.33. The highest BCUT2D eigenvalue weighted by Crippen LogP contribution is 2.22. The van der Waals surface area contributed by atoms with Gasteiger partial charge in [0.25, 0.3) is 5.91 Å². The van der Waals surface area contributed by atoms with Gasteiger partial charge in [0.2, 0.25) is 41.4 Å². The van der Waals surface area contributed by atoms with Gasteiger partial charge in [0.05, 0.1) is 19.1 Å². The molecule has 0 aromatic heterocycles. The number of carbonyl (C=O) groups excluding carboxylic acids is 8. The number of carbonyl (C=O) groups is 8. The third kappa shape index (κ3) is 14.6. The van der Waals surface area contributed by atoms with Gasteiger partial charge in [0, 0.05) is 13.0 Å². The zero-order chi connectivity index (χ0) is 45.4. The van der Waals surface area contributed by atoms with Crippen molar-refractivity contribution in [3.8, 4) is 0 Å². The van der Waals surface area contributed by atoms with Crippen molar-refractivity contribution in [1.29, 1.82) is 0 Å². The Morgan fingerprint density at radius 2 is 1.30 bits per heavy atom. The number of aliphatic hydroxyl groups excluding tert-OH is 2. The largest absolute Gasteiger partial charge is 0.394 e. The summed E-state index contributed by atoms with van der Waals surface area (Å²) in [4.78, 5) is 107. The molecule has 334 valence electrons. The third-order valence-corrected chi connectivity index (χ3v) is 10.7. The van der Waals surface area contributed by atoms with Crippen molar-refractivity contribution >= 4 is 47.3 Å². The Morgan fingerprint density at radius 1 is 0.738 bits per heavy atom. The molecule has 1 heterocycles. The molecule has 13 N–H and O–H groups in total. The van der Waals surface area contributed by atoms with Gasteiger partial charge >= 0.3 is 0 Å². The Labute approximate surface area is 355 Å². The molecule has 2 aromatic carbocycles. The van der Waals surface area contributed by atoms with Crippen molar-refractivity contribution in [3.63, 3.8) is 0 Å². The molecular weight excluding hydrogens is 791 g/mol. The van der Waals surface area contributed by atoms with Crippen LogP contribution >= 0.6 is 0 Å². The van der Waals surface area contributed by atoms with Gasteiger partial charge in [-0.3, -0.25) is 38.4 Å². The lowest BCUT2D eigenvalue weighted by atomic mass is 9.96. The smallest absolute Gasteiger partial charge is 0.254 e. The van der Waals surface area contributed by atoms with Gasteiger partial charge in [-0.15, -0.1) is 0 Å². The molecule has 19 heteroatoms. The predicted molar refractivity (Wildman–Crippen MR) is 223 cm³/mol. The summed E-state index contributed by atoms with van der Waals surface area (Å²) in [5, 5.41) is 34.0. The molecule has 1 aliphatic heterocycles. The standard InChI is InChI=1S/C42H61N9O10/c1-5-24(4)34(41(60)49-33(23(2)3)36(45)55)50-40(59)31-17-12-18-51(31)42(61)35(54)28(19-25-13-8-6-9-14-25)46-39(58)30(21-32(44)53)48-38(57)29(47-37(56)27(43)22-52)20-26-15-10-7-11-16-26/h6-11,13-16,23-24,27-31,33-35,52,54H,5,12,17-22,43H2,1-4H3,(H2,44,53)(H2,45,55)(H,46,58)(H,47,56)(H,48,57)(H,49,60)(H,50,59)/t24?,27-,28-,29-,30-,31-,33-,34-,35-/m0/s1. The maximum absolute atomic E-state index is 14.2. The molecule has 0 bridgehead atoms.